The number of aryl methyl sites for hydroxylation is 2. The normalized spacial score (nSPS) is 17.2. The number of hydrogen-bond acceptors (Lipinski definition) is 4. The lowest BCUT2D eigenvalue weighted by Crippen LogP contribution is -2.46. The van der Waals surface area contributed by atoms with E-state index in [0.29, 0.717) is 29.7 Å². The van der Waals surface area contributed by atoms with Gasteiger partial charge in [0.05, 0.1) is 23.1 Å². The molecule has 1 saturated heterocycles. The number of rotatable bonds is 5. The topological polar surface area (TPSA) is 87.7 Å². The van der Waals surface area contributed by atoms with E-state index in [2.05, 4.69) is 10.6 Å². The molecule has 0 aliphatic carbocycles. The van der Waals surface area contributed by atoms with Crippen molar-refractivity contribution in [2.45, 2.75) is 65.3 Å². The third kappa shape index (κ3) is 7.56. The summed E-state index contributed by atoms with van der Waals surface area (Å²) < 4.78 is 60.8. The zero-order chi connectivity index (χ0) is 32.4. The van der Waals surface area contributed by atoms with Gasteiger partial charge in [0, 0.05) is 17.9 Å². The third-order valence-electron chi connectivity index (χ3n) is 7.37. The molecule has 0 bridgehead atoms. The predicted molar refractivity (Wildman–Crippen MR) is 159 cm³/mol. The second-order valence-corrected chi connectivity index (χ2v) is 11.9. The van der Waals surface area contributed by atoms with Crippen molar-refractivity contribution in [3.05, 3.63) is 94.3 Å². The summed E-state index contributed by atoms with van der Waals surface area (Å²) in [5.74, 6) is -2.75. The molecule has 3 aromatic rings. The van der Waals surface area contributed by atoms with Crippen LogP contribution in [0, 0.1) is 25.6 Å². The molecule has 1 heterocycles. The fourth-order valence-electron chi connectivity index (χ4n) is 5.38. The number of carbonyl (C=O) groups excluding carboxylic acids is 3. The molecule has 1 aliphatic heterocycles. The van der Waals surface area contributed by atoms with Crippen LogP contribution in [0.4, 0.5) is 33.7 Å². The first-order valence-electron chi connectivity index (χ1n) is 14.2. The van der Waals surface area contributed by atoms with Crippen LogP contribution in [0.2, 0.25) is 0 Å². The lowest BCUT2D eigenvalue weighted by atomic mass is 9.83. The van der Waals surface area contributed by atoms with Gasteiger partial charge < -0.3 is 15.0 Å². The summed E-state index contributed by atoms with van der Waals surface area (Å²) in [6, 6.07) is 13.5. The van der Waals surface area contributed by atoms with E-state index in [9.17, 15) is 31.9 Å². The molecule has 3 amide bonds. The Labute approximate surface area is 253 Å². The molecule has 7 nitrogen and oxygen atoms in total. The second-order valence-electron chi connectivity index (χ2n) is 11.9. The van der Waals surface area contributed by atoms with Gasteiger partial charge in [0.25, 0.3) is 5.91 Å². The smallest absolute Gasteiger partial charge is 0.416 e. The van der Waals surface area contributed by atoms with Crippen molar-refractivity contribution in [2.24, 2.45) is 5.92 Å². The van der Waals surface area contributed by atoms with Crippen LogP contribution < -0.4 is 10.6 Å². The maximum atomic E-state index is 14.9. The van der Waals surface area contributed by atoms with Gasteiger partial charge in [0.15, 0.2) is 0 Å². The Morgan fingerprint density at radius 1 is 0.886 bits per heavy atom. The first-order chi connectivity index (χ1) is 20.5. The summed E-state index contributed by atoms with van der Waals surface area (Å²) in [5.41, 5.74) is -0.345. The number of amides is 3. The van der Waals surface area contributed by atoms with Crippen molar-refractivity contribution in [1.29, 1.82) is 0 Å². The quantitative estimate of drug-likeness (QED) is 0.285. The minimum atomic E-state index is -4.60. The maximum Gasteiger partial charge on any atom is 0.416 e. The van der Waals surface area contributed by atoms with Gasteiger partial charge in [-0.1, -0.05) is 30.3 Å². The van der Waals surface area contributed by atoms with Crippen LogP contribution in [-0.2, 0) is 15.7 Å². The van der Waals surface area contributed by atoms with E-state index in [1.165, 1.54) is 36.1 Å². The van der Waals surface area contributed by atoms with Crippen LogP contribution >= 0.6 is 0 Å². The molecular formula is C33H35F4N3O4. The molecule has 11 heteroatoms. The van der Waals surface area contributed by atoms with Crippen LogP contribution in [0.1, 0.15) is 72.3 Å². The van der Waals surface area contributed by atoms with E-state index >= 15 is 0 Å². The molecule has 2 N–H and O–H groups in total. The molecule has 1 fully saturated rings. The maximum absolute atomic E-state index is 14.9. The summed E-state index contributed by atoms with van der Waals surface area (Å²) in [4.78, 5) is 41.2. The standard InChI is InChI=1S/C33H35F4N3O4/c1-19-11-14-23(18-25(19)33(35,36)37)38-29(41)24-9-7-17-40(30(42)27-20(2)8-6-10-26(27)34)28(24)21-12-15-22(16-13-21)39-31(43)44-32(3,4)5/h6,8,10-16,18,24,28H,7,9,17H2,1-5H3,(H,38,41)(H,39,43)/t24?,28-/m0/s1. The zero-order valence-corrected chi connectivity index (χ0v) is 25.1. The third-order valence-corrected chi connectivity index (χ3v) is 7.37. The van der Waals surface area contributed by atoms with Gasteiger partial charge in [-0.2, -0.15) is 13.2 Å². The SMILES string of the molecule is Cc1ccc(NC(=O)C2CCCN(C(=O)c3c(C)cccc3F)[C@H]2c2ccc(NC(=O)OC(C)(C)C)cc2)cc1C(F)(F)F. The van der Waals surface area contributed by atoms with Crippen molar-refractivity contribution in [2.75, 3.05) is 17.2 Å². The summed E-state index contributed by atoms with van der Waals surface area (Å²) in [5, 5.41) is 5.24. The Hall–Kier alpha value is -4.41. The van der Waals surface area contributed by atoms with E-state index in [4.69, 9.17) is 4.74 Å². The number of benzene rings is 3. The molecule has 0 radical (unpaired) electrons. The Bertz CT molecular complexity index is 1530. The van der Waals surface area contributed by atoms with Crippen LogP contribution in [0.3, 0.4) is 0 Å². The predicted octanol–water partition coefficient (Wildman–Crippen LogP) is 8.04. The Morgan fingerprint density at radius 3 is 2.16 bits per heavy atom. The number of anilines is 2. The molecule has 1 unspecified atom stereocenters. The number of nitrogens with one attached hydrogen (secondary N) is 2. The summed E-state index contributed by atoms with van der Waals surface area (Å²) >= 11 is 0. The molecule has 1 aliphatic rings. The molecule has 2 atom stereocenters. The number of alkyl halides is 3. The monoisotopic (exact) mass is 613 g/mol. The number of halogens is 4. The molecular weight excluding hydrogens is 578 g/mol. The Balaban J connectivity index is 1.69. The highest BCUT2D eigenvalue weighted by Crippen LogP contribution is 2.39. The average molecular weight is 614 g/mol. The van der Waals surface area contributed by atoms with Crippen LogP contribution in [0.5, 0.6) is 0 Å². The molecule has 44 heavy (non-hydrogen) atoms. The lowest BCUT2D eigenvalue weighted by molar-refractivity contribution is -0.138. The number of hydrogen-bond donors (Lipinski definition) is 2. The number of nitrogens with zero attached hydrogens (tertiary/aromatic N) is 1. The molecule has 0 spiro atoms. The summed E-state index contributed by atoms with van der Waals surface area (Å²) in [6.07, 6.45) is -4.53. The largest absolute Gasteiger partial charge is 0.444 e. The van der Waals surface area contributed by atoms with Gasteiger partial charge in [-0.15, -0.1) is 0 Å². The summed E-state index contributed by atoms with van der Waals surface area (Å²) in [6.45, 7) is 8.36. The zero-order valence-electron chi connectivity index (χ0n) is 25.1. The number of carbonyl (C=O) groups is 3. The first-order valence-corrected chi connectivity index (χ1v) is 14.2. The minimum Gasteiger partial charge on any atom is -0.444 e. The molecule has 3 aromatic carbocycles. The minimum absolute atomic E-state index is 0.0168. The summed E-state index contributed by atoms with van der Waals surface area (Å²) in [7, 11) is 0. The van der Waals surface area contributed by atoms with E-state index in [1.807, 2.05) is 0 Å². The highest BCUT2D eigenvalue weighted by Gasteiger charge is 2.41. The van der Waals surface area contributed by atoms with Crippen LogP contribution in [0.25, 0.3) is 0 Å². The van der Waals surface area contributed by atoms with Crippen molar-refractivity contribution >= 4 is 29.3 Å². The van der Waals surface area contributed by atoms with Gasteiger partial charge in [-0.25, -0.2) is 9.18 Å². The van der Waals surface area contributed by atoms with Gasteiger partial charge in [-0.3, -0.25) is 14.9 Å². The van der Waals surface area contributed by atoms with Gasteiger partial charge in [0.2, 0.25) is 5.91 Å². The molecule has 0 aromatic heterocycles. The molecule has 0 saturated carbocycles. The van der Waals surface area contributed by atoms with Crippen molar-refractivity contribution in [3.63, 3.8) is 0 Å². The fraction of sp³-hybridized carbons (Fsp3) is 0.364. The first kappa shape index (κ1) is 32.5. The number of ether oxygens (including phenoxy) is 1. The van der Waals surface area contributed by atoms with E-state index in [1.54, 1.807) is 58.0 Å². The Morgan fingerprint density at radius 2 is 1.55 bits per heavy atom. The van der Waals surface area contributed by atoms with Crippen molar-refractivity contribution in [3.8, 4) is 0 Å². The van der Waals surface area contributed by atoms with E-state index < -0.39 is 53.0 Å². The number of likely N-dealkylation sites (tertiary alicyclic amines) is 1. The van der Waals surface area contributed by atoms with Gasteiger partial charge in [0.1, 0.15) is 11.4 Å². The molecule has 234 valence electrons. The Kier molecular flexibility index (Phi) is 9.36. The second kappa shape index (κ2) is 12.7. The number of piperidine rings is 1. The molecule has 4 rings (SSSR count). The highest BCUT2D eigenvalue weighted by atomic mass is 19.4. The van der Waals surface area contributed by atoms with Crippen LogP contribution in [-0.4, -0.2) is 35.0 Å². The lowest BCUT2D eigenvalue weighted by Gasteiger charge is -2.41. The highest BCUT2D eigenvalue weighted by molar-refractivity contribution is 5.98. The van der Waals surface area contributed by atoms with E-state index in [-0.39, 0.29) is 23.4 Å². The van der Waals surface area contributed by atoms with Crippen molar-refractivity contribution < 1.29 is 36.7 Å². The van der Waals surface area contributed by atoms with Crippen molar-refractivity contribution in [1.82, 2.24) is 4.90 Å². The van der Waals surface area contributed by atoms with Gasteiger partial charge in [-0.05, 0) is 94.5 Å². The van der Waals surface area contributed by atoms with E-state index in [0.717, 1.165) is 6.07 Å². The fourth-order valence-corrected chi connectivity index (χ4v) is 5.38. The van der Waals surface area contributed by atoms with Gasteiger partial charge >= 0.3 is 12.3 Å². The van der Waals surface area contributed by atoms with Crippen LogP contribution in [0.15, 0.2) is 60.7 Å². The average Bonchev–Trinajstić information content (AvgIpc) is 2.92.